The molecule has 0 heterocycles. The predicted octanol–water partition coefficient (Wildman–Crippen LogP) is 4.17. The minimum atomic E-state index is -0.199. The average molecular weight is 212 g/mol. The molecule has 0 aliphatic carbocycles. The first-order chi connectivity index (χ1) is 6.74. The third kappa shape index (κ3) is 8.68. The molecular weight excluding hydrogens is 184 g/mol. The van der Waals surface area contributed by atoms with E-state index in [-0.39, 0.29) is 6.10 Å². The third-order valence-corrected chi connectivity index (χ3v) is 2.66. The predicted molar refractivity (Wildman–Crippen MR) is 67.9 cm³/mol. The molecule has 0 fully saturated rings. The molecule has 0 bridgehead atoms. The maximum atomic E-state index is 9.86. The molecule has 1 heteroatoms. The van der Waals surface area contributed by atoms with Gasteiger partial charge in [0.25, 0.3) is 0 Å². The number of aliphatic hydroxyl groups is 1. The van der Waals surface area contributed by atoms with Gasteiger partial charge in [-0.1, -0.05) is 46.8 Å². The Labute approximate surface area is 95.6 Å². The lowest BCUT2D eigenvalue weighted by atomic mass is 9.82. The van der Waals surface area contributed by atoms with Gasteiger partial charge in [0.1, 0.15) is 0 Å². The first-order valence-corrected chi connectivity index (χ1v) is 6.09. The van der Waals surface area contributed by atoms with E-state index in [4.69, 9.17) is 0 Å². The Morgan fingerprint density at radius 3 is 2.27 bits per heavy atom. The average Bonchev–Trinajstić information content (AvgIpc) is 1.99. The van der Waals surface area contributed by atoms with Crippen LogP contribution in [0.25, 0.3) is 0 Å². The molecule has 0 aliphatic heterocycles. The van der Waals surface area contributed by atoms with Crippen LogP contribution in [0.15, 0.2) is 12.2 Å². The van der Waals surface area contributed by atoms with Crippen molar-refractivity contribution >= 4 is 0 Å². The first-order valence-electron chi connectivity index (χ1n) is 6.09. The molecule has 15 heavy (non-hydrogen) atoms. The molecule has 1 N–H and O–H groups in total. The summed E-state index contributed by atoms with van der Waals surface area (Å²) in [6, 6.07) is 0. The SMILES string of the molecule is C=C(CC)CC(O)CC(C)CC(C)(C)C. The van der Waals surface area contributed by atoms with Gasteiger partial charge in [-0.3, -0.25) is 0 Å². The van der Waals surface area contributed by atoms with Crippen molar-refractivity contribution in [3.8, 4) is 0 Å². The molecule has 1 nitrogen and oxygen atoms in total. The fraction of sp³-hybridized carbons (Fsp3) is 0.857. The Kier molecular flexibility index (Phi) is 6.19. The highest BCUT2D eigenvalue weighted by molar-refractivity contribution is 4.94. The summed E-state index contributed by atoms with van der Waals surface area (Å²) in [5, 5.41) is 9.86. The topological polar surface area (TPSA) is 20.2 Å². The highest BCUT2D eigenvalue weighted by Gasteiger charge is 2.18. The van der Waals surface area contributed by atoms with E-state index in [1.165, 1.54) is 6.42 Å². The van der Waals surface area contributed by atoms with Crippen LogP contribution < -0.4 is 0 Å². The molecule has 0 aromatic heterocycles. The Bertz CT molecular complexity index is 188. The summed E-state index contributed by atoms with van der Waals surface area (Å²) in [4.78, 5) is 0. The Morgan fingerprint density at radius 2 is 1.87 bits per heavy atom. The van der Waals surface area contributed by atoms with Crippen LogP contribution in [-0.4, -0.2) is 11.2 Å². The van der Waals surface area contributed by atoms with E-state index in [1.54, 1.807) is 0 Å². The van der Waals surface area contributed by atoms with Crippen LogP contribution in [0.5, 0.6) is 0 Å². The summed E-state index contributed by atoms with van der Waals surface area (Å²) in [5.41, 5.74) is 1.52. The van der Waals surface area contributed by atoms with Crippen LogP contribution in [0.2, 0.25) is 0 Å². The largest absolute Gasteiger partial charge is 0.393 e. The van der Waals surface area contributed by atoms with Crippen molar-refractivity contribution in [2.45, 2.75) is 66.4 Å². The highest BCUT2D eigenvalue weighted by Crippen LogP contribution is 2.27. The van der Waals surface area contributed by atoms with E-state index in [1.807, 2.05) is 0 Å². The molecule has 0 radical (unpaired) electrons. The summed E-state index contributed by atoms with van der Waals surface area (Å²) in [5.74, 6) is 0.588. The summed E-state index contributed by atoms with van der Waals surface area (Å²) in [6.07, 6.45) is 3.61. The summed E-state index contributed by atoms with van der Waals surface area (Å²) in [6.45, 7) is 15.0. The van der Waals surface area contributed by atoms with Gasteiger partial charge in [-0.25, -0.2) is 0 Å². The lowest BCUT2D eigenvalue weighted by Crippen LogP contribution is -2.17. The van der Waals surface area contributed by atoms with Gasteiger partial charge in [-0.15, -0.1) is 0 Å². The molecule has 0 aromatic carbocycles. The van der Waals surface area contributed by atoms with Crippen LogP contribution in [0.4, 0.5) is 0 Å². The molecule has 90 valence electrons. The van der Waals surface area contributed by atoms with Gasteiger partial charge in [-0.05, 0) is 37.0 Å². The normalized spacial score (nSPS) is 16.1. The second-order valence-electron chi connectivity index (χ2n) is 6.07. The molecule has 0 rings (SSSR count). The van der Waals surface area contributed by atoms with Crippen molar-refractivity contribution < 1.29 is 5.11 Å². The van der Waals surface area contributed by atoms with Gasteiger partial charge in [0.2, 0.25) is 0 Å². The lowest BCUT2D eigenvalue weighted by molar-refractivity contribution is 0.132. The monoisotopic (exact) mass is 212 g/mol. The molecule has 2 atom stereocenters. The molecule has 0 saturated carbocycles. The first kappa shape index (κ1) is 14.7. The zero-order valence-corrected chi connectivity index (χ0v) is 11.1. The fourth-order valence-corrected chi connectivity index (χ4v) is 2.15. The number of rotatable bonds is 6. The van der Waals surface area contributed by atoms with Crippen molar-refractivity contribution in [1.82, 2.24) is 0 Å². The molecule has 0 aliphatic rings. The maximum Gasteiger partial charge on any atom is 0.0579 e. The number of aliphatic hydroxyl groups excluding tert-OH is 1. The Morgan fingerprint density at radius 1 is 1.33 bits per heavy atom. The third-order valence-electron chi connectivity index (χ3n) is 2.66. The second kappa shape index (κ2) is 6.32. The van der Waals surface area contributed by atoms with Gasteiger partial charge < -0.3 is 5.11 Å². The zero-order chi connectivity index (χ0) is 12.1. The van der Waals surface area contributed by atoms with Crippen LogP contribution in [0.3, 0.4) is 0 Å². The van der Waals surface area contributed by atoms with Gasteiger partial charge >= 0.3 is 0 Å². The van der Waals surface area contributed by atoms with E-state index >= 15 is 0 Å². The van der Waals surface area contributed by atoms with Gasteiger partial charge in [0, 0.05) is 0 Å². The van der Waals surface area contributed by atoms with Crippen LogP contribution in [0, 0.1) is 11.3 Å². The molecular formula is C14H28O. The summed E-state index contributed by atoms with van der Waals surface area (Å²) >= 11 is 0. The van der Waals surface area contributed by atoms with Crippen molar-refractivity contribution in [2.24, 2.45) is 11.3 Å². The van der Waals surface area contributed by atoms with E-state index in [0.29, 0.717) is 11.3 Å². The van der Waals surface area contributed by atoms with Gasteiger partial charge in [0.15, 0.2) is 0 Å². The molecule has 0 aromatic rings. The van der Waals surface area contributed by atoms with Crippen molar-refractivity contribution in [3.05, 3.63) is 12.2 Å². The maximum absolute atomic E-state index is 9.86. The van der Waals surface area contributed by atoms with Crippen molar-refractivity contribution in [1.29, 1.82) is 0 Å². The van der Waals surface area contributed by atoms with Gasteiger partial charge in [-0.2, -0.15) is 0 Å². The number of hydrogen-bond acceptors (Lipinski definition) is 1. The quantitative estimate of drug-likeness (QED) is 0.655. The summed E-state index contributed by atoms with van der Waals surface area (Å²) in [7, 11) is 0. The van der Waals surface area contributed by atoms with E-state index in [0.717, 1.165) is 24.8 Å². The molecule has 2 unspecified atom stereocenters. The minimum absolute atomic E-state index is 0.199. The van der Waals surface area contributed by atoms with Gasteiger partial charge in [0.05, 0.1) is 6.10 Å². The molecule has 0 spiro atoms. The lowest BCUT2D eigenvalue weighted by Gasteiger charge is -2.25. The van der Waals surface area contributed by atoms with Crippen molar-refractivity contribution in [3.63, 3.8) is 0 Å². The van der Waals surface area contributed by atoms with Crippen LogP contribution in [-0.2, 0) is 0 Å². The van der Waals surface area contributed by atoms with Crippen molar-refractivity contribution in [2.75, 3.05) is 0 Å². The second-order valence-corrected chi connectivity index (χ2v) is 6.07. The zero-order valence-electron chi connectivity index (χ0n) is 11.1. The van der Waals surface area contributed by atoms with Crippen LogP contribution >= 0.6 is 0 Å². The fourth-order valence-electron chi connectivity index (χ4n) is 2.15. The minimum Gasteiger partial charge on any atom is -0.393 e. The van der Waals surface area contributed by atoms with Crippen LogP contribution in [0.1, 0.15) is 60.3 Å². The Balaban J connectivity index is 3.86. The molecule has 0 saturated heterocycles. The summed E-state index contributed by atoms with van der Waals surface area (Å²) < 4.78 is 0. The smallest absolute Gasteiger partial charge is 0.0579 e. The van der Waals surface area contributed by atoms with E-state index in [9.17, 15) is 5.11 Å². The Hall–Kier alpha value is -0.300. The number of hydrogen-bond donors (Lipinski definition) is 1. The highest BCUT2D eigenvalue weighted by atomic mass is 16.3. The molecule has 0 amide bonds. The standard InChI is InChI=1S/C14H28O/c1-7-11(2)8-13(15)9-12(3)10-14(4,5)6/h12-13,15H,2,7-10H2,1,3-6H3. The van der Waals surface area contributed by atoms with E-state index < -0.39 is 0 Å². The van der Waals surface area contributed by atoms with E-state index in [2.05, 4.69) is 41.2 Å².